The molecule has 3 atom stereocenters. The quantitative estimate of drug-likeness (QED) is 0.904. The Morgan fingerprint density at radius 3 is 2.67 bits per heavy atom. The molecule has 1 heterocycles. The lowest BCUT2D eigenvalue weighted by Crippen LogP contribution is -2.46. The molecule has 3 rings (SSSR count). The van der Waals surface area contributed by atoms with Gasteiger partial charge in [0.15, 0.2) is 0 Å². The average molecular weight is 289 g/mol. The van der Waals surface area contributed by atoms with Crippen molar-refractivity contribution in [1.82, 2.24) is 4.90 Å². The van der Waals surface area contributed by atoms with Gasteiger partial charge in [-0.05, 0) is 31.2 Å². The van der Waals surface area contributed by atoms with E-state index in [-0.39, 0.29) is 6.10 Å². The highest BCUT2D eigenvalue weighted by Crippen LogP contribution is 2.28. The van der Waals surface area contributed by atoms with Crippen LogP contribution in [0.4, 0.5) is 0 Å². The Morgan fingerprint density at radius 2 is 1.90 bits per heavy atom. The van der Waals surface area contributed by atoms with Gasteiger partial charge < -0.3 is 9.84 Å². The Kier molecular flexibility index (Phi) is 5.28. The molecule has 2 aliphatic rings. The first-order valence-corrected chi connectivity index (χ1v) is 8.40. The molecule has 1 aromatic carbocycles. The predicted octanol–water partition coefficient (Wildman–Crippen LogP) is 2.62. The fourth-order valence-corrected chi connectivity index (χ4v) is 3.73. The highest BCUT2D eigenvalue weighted by atomic mass is 16.5. The third kappa shape index (κ3) is 4.06. The van der Waals surface area contributed by atoms with Gasteiger partial charge in [-0.2, -0.15) is 0 Å². The minimum absolute atomic E-state index is 0.128. The van der Waals surface area contributed by atoms with Crippen LogP contribution in [0.1, 0.15) is 37.7 Å². The Bertz CT molecular complexity index is 422. The number of hydrogen-bond acceptors (Lipinski definition) is 3. The molecule has 1 aliphatic heterocycles. The molecule has 0 unspecified atom stereocenters. The number of aliphatic hydroxyl groups is 1. The van der Waals surface area contributed by atoms with Crippen molar-refractivity contribution in [3.8, 4) is 0 Å². The highest BCUT2D eigenvalue weighted by molar-refractivity contribution is 5.14. The maximum Gasteiger partial charge on any atom is 0.0730 e. The lowest BCUT2D eigenvalue weighted by atomic mass is 9.91. The molecule has 0 radical (unpaired) electrons. The van der Waals surface area contributed by atoms with Crippen LogP contribution in [0.15, 0.2) is 30.3 Å². The number of likely N-dealkylation sites (tertiary alicyclic amines) is 1. The van der Waals surface area contributed by atoms with Gasteiger partial charge in [0.05, 0.1) is 18.8 Å². The van der Waals surface area contributed by atoms with Crippen LogP contribution in [-0.2, 0) is 11.2 Å². The summed E-state index contributed by atoms with van der Waals surface area (Å²) in [4.78, 5) is 2.46. The number of benzene rings is 1. The second-order valence-electron chi connectivity index (χ2n) is 6.43. The van der Waals surface area contributed by atoms with Crippen LogP contribution in [0, 0.1) is 0 Å². The molecule has 3 heteroatoms. The smallest absolute Gasteiger partial charge is 0.0730 e. The van der Waals surface area contributed by atoms with Crippen LogP contribution < -0.4 is 0 Å². The topological polar surface area (TPSA) is 32.7 Å². The molecule has 1 saturated carbocycles. The van der Waals surface area contributed by atoms with E-state index in [9.17, 15) is 5.11 Å². The summed E-state index contributed by atoms with van der Waals surface area (Å²) in [5.74, 6) is 0. The molecule has 3 nitrogen and oxygen atoms in total. The molecule has 1 saturated heterocycles. The first-order valence-electron chi connectivity index (χ1n) is 8.40. The molecule has 1 aromatic rings. The number of rotatable bonds is 5. The van der Waals surface area contributed by atoms with Crippen molar-refractivity contribution in [2.75, 3.05) is 19.7 Å². The molecule has 1 aliphatic carbocycles. The monoisotopic (exact) mass is 289 g/mol. The van der Waals surface area contributed by atoms with Gasteiger partial charge in [0.25, 0.3) is 0 Å². The Balaban J connectivity index is 1.50. The van der Waals surface area contributed by atoms with Gasteiger partial charge in [0.2, 0.25) is 0 Å². The van der Waals surface area contributed by atoms with E-state index < -0.39 is 0 Å². The van der Waals surface area contributed by atoms with Crippen molar-refractivity contribution in [3.05, 3.63) is 35.9 Å². The van der Waals surface area contributed by atoms with Gasteiger partial charge in [0, 0.05) is 19.1 Å². The minimum Gasteiger partial charge on any atom is -0.392 e. The van der Waals surface area contributed by atoms with Gasteiger partial charge in [-0.1, -0.05) is 43.2 Å². The highest BCUT2D eigenvalue weighted by Gasteiger charge is 2.34. The standard InChI is InChI=1S/C18H27NO2/c20-16-10-12-19(14-16)17-8-4-5-9-18(17)21-13-11-15-6-2-1-3-7-15/h1-3,6-7,16-18,20H,4-5,8-14H2/t16-,17-,18+/m0/s1. The number of hydrogen-bond donors (Lipinski definition) is 1. The maximum atomic E-state index is 9.76. The summed E-state index contributed by atoms with van der Waals surface area (Å²) in [6.45, 7) is 2.68. The number of β-amino-alcohol motifs (C(OH)–C–C–N with tert-alkyl or cyclic N) is 1. The zero-order chi connectivity index (χ0) is 14.5. The van der Waals surface area contributed by atoms with Gasteiger partial charge in [-0.25, -0.2) is 0 Å². The van der Waals surface area contributed by atoms with E-state index in [1.165, 1.54) is 31.2 Å². The molecule has 1 N–H and O–H groups in total. The van der Waals surface area contributed by atoms with Crippen LogP contribution in [-0.4, -0.2) is 48.0 Å². The third-order valence-corrected chi connectivity index (χ3v) is 4.90. The second-order valence-corrected chi connectivity index (χ2v) is 6.43. The molecule has 2 fully saturated rings. The van der Waals surface area contributed by atoms with E-state index in [0.29, 0.717) is 12.1 Å². The Labute approximate surface area is 127 Å². The summed E-state index contributed by atoms with van der Waals surface area (Å²) < 4.78 is 6.22. The third-order valence-electron chi connectivity index (χ3n) is 4.90. The van der Waals surface area contributed by atoms with Crippen LogP contribution >= 0.6 is 0 Å². The van der Waals surface area contributed by atoms with Crippen molar-refractivity contribution in [2.24, 2.45) is 0 Å². The van der Waals surface area contributed by atoms with E-state index in [4.69, 9.17) is 4.74 Å². The van der Waals surface area contributed by atoms with Crippen molar-refractivity contribution in [1.29, 1.82) is 0 Å². The number of nitrogens with zero attached hydrogens (tertiary/aromatic N) is 1. The average Bonchev–Trinajstić information content (AvgIpc) is 2.95. The van der Waals surface area contributed by atoms with E-state index in [1.54, 1.807) is 0 Å². The van der Waals surface area contributed by atoms with E-state index in [2.05, 4.69) is 35.2 Å². The zero-order valence-electron chi connectivity index (χ0n) is 12.8. The molecule has 21 heavy (non-hydrogen) atoms. The van der Waals surface area contributed by atoms with Crippen LogP contribution in [0.5, 0.6) is 0 Å². The van der Waals surface area contributed by atoms with Gasteiger partial charge in [-0.15, -0.1) is 0 Å². The number of aliphatic hydroxyl groups excluding tert-OH is 1. The van der Waals surface area contributed by atoms with Gasteiger partial charge in [0.1, 0.15) is 0 Å². The van der Waals surface area contributed by atoms with Crippen molar-refractivity contribution in [3.63, 3.8) is 0 Å². The fraction of sp³-hybridized carbons (Fsp3) is 0.667. The summed E-state index contributed by atoms with van der Waals surface area (Å²) in [6.07, 6.45) is 7.12. The lowest BCUT2D eigenvalue weighted by Gasteiger charge is -2.37. The predicted molar refractivity (Wildman–Crippen MR) is 84.3 cm³/mol. The fourth-order valence-electron chi connectivity index (χ4n) is 3.73. The van der Waals surface area contributed by atoms with Gasteiger partial charge >= 0.3 is 0 Å². The summed E-state index contributed by atoms with van der Waals surface area (Å²) in [6, 6.07) is 11.1. The largest absolute Gasteiger partial charge is 0.392 e. The molecular formula is C18H27NO2. The number of ether oxygens (including phenoxy) is 1. The molecular weight excluding hydrogens is 262 g/mol. The first-order chi connectivity index (χ1) is 10.3. The maximum absolute atomic E-state index is 9.76. The van der Waals surface area contributed by atoms with Crippen LogP contribution in [0.3, 0.4) is 0 Å². The second kappa shape index (κ2) is 7.39. The van der Waals surface area contributed by atoms with E-state index in [0.717, 1.165) is 32.5 Å². The summed E-state index contributed by atoms with van der Waals surface area (Å²) in [5.41, 5.74) is 1.35. The minimum atomic E-state index is -0.128. The van der Waals surface area contributed by atoms with Crippen molar-refractivity contribution in [2.45, 2.75) is 56.8 Å². The Hall–Kier alpha value is -0.900. The zero-order valence-corrected chi connectivity index (χ0v) is 12.8. The molecule has 0 spiro atoms. The molecule has 0 aromatic heterocycles. The molecule has 0 amide bonds. The van der Waals surface area contributed by atoms with Crippen molar-refractivity contribution >= 4 is 0 Å². The van der Waals surface area contributed by atoms with E-state index in [1.807, 2.05) is 0 Å². The summed E-state index contributed by atoms with van der Waals surface area (Å²) in [5, 5.41) is 9.76. The normalized spacial score (nSPS) is 30.6. The van der Waals surface area contributed by atoms with E-state index >= 15 is 0 Å². The van der Waals surface area contributed by atoms with Crippen LogP contribution in [0.2, 0.25) is 0 Å². The summed E-state index contributed by atoms with van der Waals surface area (Å²) >= 11 is 0. The molecule has 116 valence electrons. The summed E-state index contributed by atoms with van der Waals surface area (Å²) in [7, 11) is 0. The van der Waals surface area contributed by atoms with Crippen LogP contribution in [0.25, 0.3) is 0 Å². The lowest BCUT2D eigenvalue weighted by molar-refractivity contribution is -0.0316. The Morgan fingerprint density at radius 1 is 1.10 bits per heavy atom. The van der Waals surface area contributed by atoms with Crippen molar-refractivity contribution < 1.29 is 9.84 Å². The van der Waals surface area contributed by atoms with Gasteiger partial charge in [-0.3, -0.25) is 4.90 Å². The SMILES string of the molecule is O[C@H]1CCN([C@H]2CCCC[C@H]2OCCc2ccccc2)C1. The molecule has 0 bridgehead atoms. The first kappa shape index (κ1) is 15.0.